The van der Waals surface area contributed by atoms with E-state index in [2.05, 4.69) is 67.9 Å². The first-order valence-electron chi connectivity index (χ1n) is 13.1. The first kappa shape index (κ1) is 24.6. The SMILES string of the molecule is C=C/C(=C\C(=C/C)c1cnc2n[nH]c(-c3cc4c(-c5ccc(F)cc5)cncc4[nH]3)c2c1)NC(=C)C1CCC1. The summed E-state index contributed by atoms with van der Waals surface area (Å²) in [5.41, 5.74) is 8.96. The summed E-state index contributed by atoms with van der Waals surface area (Å²) in [6.07, 6.45) is 15.0. The minimum atomic E-state index is -0.268. The molecule has 5 aromatic rings. The normalized spacial score (nSPS) is 14.5. The van der Waals surface area contributed by atoms with Gasteiger partial charge in [0, 0.05) is 45.7 Å². The molecular formula is C32H29FN6. The van der Waals surface area contributed by atoms with Gasteiger partial charge in [-0.15, -0.1) is 0 Å². The van der Waals surface area contributed by atoms with Crippen LogP contribution < -0.4 is 5.32 Å². The second kappa shape index (κ2) is 10.2. The largest absolute Gasteiger partial charge is 0.359 e. The summed E-state index contributed by atoms with van der Waals surface area (Å²) < 4.78 is 13.5. The molecule has 0 atom stereocenters. The van der Waals surface area contributed by atoms with Gasteiger partial charge in [0.15, 0.2) is 5.65 Å². The van der Waals surface area contributed by atoms with E-state index in [9.17, 15) is 4.39 Å². The van der Waals surface area contributed by atoms with Gasteiger partial charge in [-0.05, 0) is 73.2 Å². The average Bonchev–Trinajstić information content (AvgIpc) is 3.54. The molecule has 3 N–H and O–H groups in total. The van der Waals surface area contributed by atoms with Crippen LogP contribution in [0, 0.1) is 11.7 Å². The second-order valence-electron chi connectivity index (χ2n) is 9.86. The van der Waals surface area contributed by atoms with Gasteiger partial charge in [0.25, 0.3) is 0 Å². The molecule has 0 unspecified atom stereocenters. The zero-order valence-electron chi connectivity index (χ0n) is 21.8. The molecule has 7 heteroatoms. The van der Waals surface area contributed by atoms with Crippen LogP contribution in [0.3, 0.4) is 0 Å². The van der Waals surface area contributed by atoms with E-state index in [1.807, 2.05) is 19.2 Å². The molecule has 0 aliphatic heterocycles. The van der Waals surface area contributed by atoms with Crippen molar-refractivity contribution in [2.75, 3.05) is 0 Å². The van der Waals surface area contributed by atoms with Crippen LogP contribution in [-0.2, 0) is 0 Å². The molecular weight excluding hydrogens is 487 g/mol. The molecule has 0 saturated heterocycles. The van der Waals surface area contributed by atoms with E-state index >= 15 is 0 Å². The van der Waals surface area contributed by atoms with Crippen LogP contribution in [0.4, 0.5) is 4.39 Å². The fourth-order valence-corrected chi connectivity index (χ4v) is 5.00. The van der Waals surface area contributed by atoms with Crippen molar-refractivity contribution in [3.63, 3.8) is 0 Å². The number of pyridine rings is 2. The van der Waals surface area contributed by atoms with Crippen molar-refractivity contribution in [3.05, 3.63) is 109 Å². The number of benzene rings is 1. The number of aromatic nitrogens is 5. The molecule has 1 aliphatic rings. The van der Waals surface area contributed by atoms with Gasteiger partial charge in [-0.2, -0.15) is 5.10 Å². The van der Waals surface area contributed by atoms with E-state index in [0.717, 1.165) is 61.3 Å². The van der Waals surface area contributed by atoms with Crippen LogP contribution in [0.2, 0.25) is 0 Å². The standard InChI is InChI=1S/C32H29FN6/c1-4-20(13-25(5-2)36-19(3)21-7-6-8-21)23-14-27-31(38-39-32(27)35-16-23)29-15-26-28(17-34-18-30(26)37-29)22-9-11-24(33)12-10-22/h4-5,9-18,21,36-37H,2-3,6-8H2,1H3,(H,35,38,39)/b20-4+,25-13+. The Morgan fingerprint density at radius 3 is 2.64 bits per heavy atom. The fraction of sp³-hybridized carbons (Fsp3) is 0.156. The molecule has 1 aromatic carbocycles. The lowest BCUT2D eigenvalue weighted by Gasteiger charge is -2.28. The molecule has 1 saturated carbocycles. The van der Waals surface area contributed by atoms with Crippen molar-refractivity contribution >= 4 is 27.5 Å². The second-order valence-corrected chi connectivity index (χ2v) is 9.86. The Balaban J connectivity index is 1.36. The number of aromatic amines is 2. The van der Waals surface area contributed by atoms with Crippen molar-refractivity contribution in [2.24, 2.45) is 5.92 Å². The maximum absolute atomic E-state index is 13.5. The summed E-state index contributed by atoms with van der Waals surface area (Å²) in [7, 11) is 0. The van der Waals surface area contributed by atoms with Crippen LogP contribution >= 0.6 is 0 Å². The van der Waals surface area contributed by atoms with Crippen molar-refractivity contribution < 1.29 is 4.39 Å². The molecule has 6 nitrogen and oxygen atoms in total. The number of hydrogen-bond donors (Lipinski definition) is 3. The van der Waals surface area contributed by atoms with E-state index in [-0.39, 0.29) is 5.82 Å². The van der Waals surface area contributed by atoms with Gasteiger partial charge < -0.3 is 10.3 Å². The molecule has 4 heterocycles. The molecule has 0 bridgehead atoms. The third kappa shape index (κ3) is 4.68. The topological polar surface area (TPSA) is 82.3 Å². The number of H-pyrrole nitrogens is 2. The van der Waals surface area contributed by atoms with Gasteiger partial charge in [0.1, 0.15) is 5.82 Å². The molecule has 1 aliphatic carbocycles. The predicted octanol–water partition coefficient (Wildman–Crippen LogP) is 7.68. The van der Waals surface area contributed by atoms with E-state index in [4.69, 9.17) is 0 Å². The minimum absolute atomic E-state index is 0.268. The number of hydrogen-bond acceptors (Lipinski definition) is 4. The quantitative estimate of drug-likeness (QED) is 0.185. The molecule has 39 heavy (non-hydrogen) atoms. The highest BCUT2D eigenvalue weighted by atomic mass is 19.1. The first-order chi connectivity index (χ1) is 19.0. The zero-order chi connectivity index (χ0) is 26.9. The van der Waals surface area contributed by atoms with Crippen molar-refractivity contribution in [3.8, 4) is 22.5 Å². The average molecular weight is 517 g/mol. The van der Waals surface area contributed by atoms with Gasteiger partial charge in [-0.1, -0.05) is 37.8 Å². The highest BCUT2D eigenvalue weighted by Gasteiger charge is 2.21. The molecule has 0 amide bonds. The number of nitrogens with one attached hydrogen (secondary N) is 3. The van der Waals surface area contributed by atoms with Crippen molar-refractivity contribution in [1.29, 1.82) is 0 Å². The Labute approximate surface area is 226 Å². The molecule has 4 aromatic heterocycles. The Morgan fingerprint density at radius 1 is 1.10 bits per heavy atom. The number of allylic oxidation sites excluding steroid dienone is 5. The Bertz CT molecular complexity index is 1770. The molecule has 0 radical (unpaired) electrons. The van der Waals surface area contributed by atoms with Crippen LogP contribution in [0.25, 0.3) is 50.0 Å². The fourth-order valence-electron chi connectivity index (χ4n) is 5.00. The van der Waals surface area contributed by atoms with Gasteiger partial charge in [0.05, 0.1) is 23.1 Å². The lowest BCUT2D eigenvalue weighted by atomic mass is 9.83. The first-order valence-corrected chi connectivity index (χ1v) is 13.1. The summed E-state index contributed by atoms with van der Waals surface area (Å²) in [4.78, 5) is 12.5. The highest BCUT2D eigenvalue weighted by molar-refractivity contribution is 6.00. The monoisotopic (exact) mass is 516 g/mol. The van der Waals surface area contributed by atoms with Gasteiger partial charge in [-0.25, -0.2) is 9.37 Å². The Hall–Kier alpha value is -4.78. The van der Waals surface area contributed by atoms with Crippen LogP contribution in [0.1, 0.15) is 31.7 Å². The van der Waals surface area contributed by atoms with E-state index < -0.39 is 0 Å². The summed E-state index contributed by atoms with van der Waals surface area (Å²) in [5.74, 6) is 0.263. The van der Waals surface area contributed by atoms with Crippen molar-refractivity contribution in [2.45, 2.75) is 26.2 Å². The van der Waals surface area contributed by atoms with Gasteiger partial charge in [0.2, 0.25) is 0 Å². The third-order valence-electron chi connectivity index (χ3n) is 7.46. The van der Waals surface area contributed by atoms with Gasteiger partial charge >= 0.3 is 0 Å². The minimum Gasteiger partial charge on any atom is -0.359 e. The molecule has 194 valence electrons. The number of fused-ring (bicyclic) bond motifs is 2. The number of halogens is 1. The maximum Gasteiger partial charge on any atom is 0.181 e. The summed E-state index contributed by atoms with van der Waals surface area (Å²) in [6.45, 7) is 10.2. The number of rotatable bonds is 8. The van der Waals surface area contributed by atoms with E-state index in [0.29, 0.717) is 11.6 Å². The van der Waals surface area contributed by atoms with Crippen LogP contribution in [0.5, 0.6) is 0 Å². The smallest absolute Gasteiger partial charge is 0.181 e. The number of nitrogens with zero attached hydrogens (tertiary/aromatic N) is 3. The van der Waals surface area contributed by atoms with Crippen LogP contribution in [-0.4, -0.2) is 25.1 Å². The highest BCUT2D eigenvalue weighted by Crippen LogP contribution is 2.34. The summed E-state index contributed by atoms with van der Waals surface area (Å²) in [5, 5.41) is 12.9. The Kier molecular flexibility index (Phi) is 6.40. The van der Waals surface area contributed by atoms with E-state index in [1.54, 1.807) is 24.5 Å². The lowest BCUT2D eigenvalue weighted by Crippen LogP contribution is -2.23. The van der Waals surface area contributed by atoms with Crippen molar-refractivity contribution in [1.82, 2.24) is 30.5 Å². The molecule has 6 rings (SSSR count). The summed E-state index contributed by atoms with van der Waals surface area (Å²) >= 11 is 0. The lowest BCUT2D eigenvalue weighted by molar-refractivity contribution is 0.356. The van der Waals surface area contributed by atoms with Crippen LogP contribution in [0.15, 0.2) is 97.8 Å². The third-order valence-corrected chi connectivity index (χ3v) is 7.46. The summed E-state index contributed by atoms with van der Waals surface area (Å²) in [6, 6.07) is 10.6. The predicted molar refractivity (Wildman–Crippen MR) is 156 cm³/mol. The van der Waals surface area contributed by atoms with Gasteiger partial charge in [-0.3, -0.25) is 10.1 Å². The molecule has 0 spiro atoms. The Morgan fingerprint density at radius 2 is 1.92 bits per heavy atom. The zero-order valence-corrected chi connectivity index (χ0v) is 21.8. The van der Waals surface area contributed by atoms with E-state index in [1.165, 1.54) is 31.4 Å². The molecule has 1 fully saturated rings. The maximum atomic E-state index is 13.5.